The Balaban J connectivity index is 1.77. The number of rotatable bonds is 8. The molecule has 0 heterocycles. The Kier molecular flexibility index (Phi) is 7.07. The summed E-state index contributed by atoms with van der Waals surface area (Å²) < 4.78 is 6.00. The smallest absolute Gasteiger partial charge is 0.126 e. The highest BCUT2D eigenvalue weighted by Gasteiger charge is 2.10. The highest BCUT2D eigenvalue weighted by Crippen LogP contribution is 2.33. The van der Waals surface area contributed by atoms with E-state index in [0.717, 1.165) is 30.3 Å². The molecular weight excluding hydrogens is 351 g/mol. The molecule has 2 aromatic rings. The molecule has 3 rings (SSSR count). The SMILES string of the molecule is C=CCPOc1ccc2ccccc2c1CC/C(O)=C\C=C1\C=CC=CC1. The first-order valence-electron chi connectivity index (χ1n) is 9.21. The van der Waals surface area contributed by atoms with Gasteiger partial charge in [0.15, 0.2) is 0 Å². The third-order valence-corrected chi connectivity index (χ3v) is 5.26. The van der Waals surface area contributed by atoms with E-state index in [4.69, 9.17) is 4.52 Å². The predicted molar refractivity (Wildman–Crippen MR) is 118 cm³/mol. The van der Waals surface area contributed by atoms with Crippen LogP contribution in [0.4, 0.5) is 0 Å². The highest BCUT2D eigenvalue weighted by atomic mass is 31.1. The van der Waals surface area contributed by atoms with Gasteiger partial charge in [0.05, 0.1) is 14.6 Å². The second-order valence-electron chi connectivity index (χ2n) is 6.39. The van der Waals surface area contributed by atoms with Crippen LogP contribution in [0.5, 0.6) is 5.75 Å². The number of hydrogen-bond donors (Lipinski definition) is 1. The Labute approximate surface area is 163 Å². The molecule has 0 spiro atoms. The topological polar surface area (TPSA) is 29.5 Å². The summed E-state index contributed by atoms with van der Waals surface area (Å²) in [5.74, 6) is 1.29. The second kappa shape index (κ2) is 9.94. The zero-order valence-corrected chi connectivity index (χ0v) is 16.4. The van der Waals surface area contributed by atoms with Crippen LogP contribution in [-0.4, -0.2) is 11.3 Å². The van der Waals surface area contributed by atoms with Crippen LogP contribution in [0, 0.1) is 0 Å². The molecule has 0 fully saturated rings. The average molecular weight is 376 g/mol. The first-order valence-corrected chi connectivity index (χ1v) is 10.3. The molecular formula is C24H25O2P. The van der Waals surface area contributed by atoms with Crippen molar-refractivity contribution in [3.05, 3.63) is 102 Å². The van der Waals surface area contributed by atoms with Crippen LogP contribution in [0.1, 0.15) is 18.4 Å². The van der Waals surface area contributed by atoms with Crippen LogP contribution in [-0.2, 0) is 6.42 Å². The van der Waals surface area contributed by atoms with Gasteiger partial charge in [-0.15, -0.1) is 6.58 Å². The number of aliphatic hydroxyl groups excluding tert-OH is 1. The van der Waals surface area contributed by atoms with Crippen molar-refractivity contribution in [3.8, 4) is 5.75 Å². The lowest BCUT2D eigenvalue weighted by Crippen LogP contribution is -1.95. The third-order valence-electron chi connectivity index (χ3n) is 4.44. The Bertz CT molecular complexity index is 919. The molecule has 27 heavy (non-hydrogen) atoms. The molecule has 138 valence electrons. The van der Waals surface area contributed by atoms with Crippen LogP contribution in [0.3, 0.4) is 0 Å². The Morgan fingerprint density at radius 1 is 1.19 bits per heavy atom. The molecule has 0 radical (unpaired) electrons. The van der Waals surface area contributed by atoms with Gasteiger partial charge in [-0.1, -0.05) is 66.8 Å². The number of aliphatic hydroxyl groups is 1. The lowest BCUT2D eigenvalue weighted by Gasteiger charge is -2.14. The quantitative estimate of drug-likeness (QED) is 0.237. The number of aryl methyl sites for hydroxylation is 1. The number of fused-ring (bicyclic) bond motifs is 1. The number of allylic oxidation sites excluding steroid dienone is 9. The van der Waals surface area contributed by atoms with E-state index in [1.165, 1.54) is 16.3 Å². The molecule has 1 atom stereocenters. The largest absolute Gasteiger partial charge is 0.512 e. The van der Waals surface area contributed by atoms with E-state index in [9.17, 15) is 5.11 Å². The molecule has 2 aromatic carbocycles. The minimum absolute atomic E-state index is 0.360. The zero-order valence-electron chi connectivity index (χ0n) is 15.4. The van der Waals surface area contributed by atoms with Gasteiger partial charge in [-0.05, 0) is 41.3 Å². The molecule has 0 saturated heterocycles. The summed E-state index contributed by atoms with van der Waals surface area (Å²) in [6.45, 7) is 3.75. The molecule has 0 saturated carbocycles. The van der Waals surface area contributed by atoms with Gasteiger partial charge >= 0.3 is 0 Å². The summed E-state index contributed by atoms with van der Waals surface area (Å²) in [4.78, 5) is 0. The van der Waals surface area contributed by atoms with E-state index in [-0.39, 0.29) is 0 Å². The van der Waals surface area contributed by atoms with Crippen LogP contribution >= 0.6 is 8.81 Å². The van der Waals surface area contributed by atoms with Crippen molar-refractivity contribution in [2.45, 2.75) is 19.3 Å². The monoisotopic (exact) mass is 376 g/mol. The minimum atomic E-state index is 0.360. The van der Waals surface area contributed by atoms with Gasteiger partial charge in [-0.3, -0.25) is 0 Å². The molecule has 0 bridgehead atoms. The van der Waals surface area contributed by atoms with Gasteiger partial charge in [0.25, 0.3) is 0 Å². The van der Waals surface area contributed by atoms with Gasteiger partial charge < -0.3 is 9.63 Å². The van der Waals surface area contributed by atoms with E-state index < -0.39 is 0 Å². The maximum Gasteiger partial charge on any atom is 0.126 e. The molecule has 1 unspecified atom stereocenters. The fourth-order valence-electron chi connectivity index (χ4n) is 3.04. The highest BCUT2D eigenvalue weighted by molar-refractivity contribution is 7.32. The minimum Gasteiger partial charge on any atom is -0.512 e. The summed E-state index contributed by atoms with van der Waals surface area (Å²) >= 11 is 0. The fraction of sp³-hybridized carbons (Fsp3) is 0.167. The maximum atomic E-state index is 10.3. The van der Waals surface area contributed by atoms with Crippen molar-refractivity contribution in [3.63, 3.8) is 0 Å². The zero-order chi connectivity index (χ0) is 18.9. The van der Waals surface area contributed by atoms with Crippen LogP contribution in [0.2, 0.25) is 0 Å². The third kappa shape index (κ3) is 5.45. The van der Waals surface area contributed by atoms with Gasteiger partial charge in [0.1, 0.15) is 5.75 Å². The van der Waals surface area contributed by atoms with Crippen LogP contribution < -0.4 is 4.52 Å². The summed E-state index contributed by atoms with van der Waals surface area (Å²) in [5.41, 5.74) is 2.35. The van der Waals surface area contributed by atoms with E-state index in [0.29, 0.717) is 21.0 Å². The lowest BCUT2D eigenvalue weighted by molar-refractivity contribution is 0.388. The molecule has 1 aliphatic carbocycles. The Hall–Kier alpha value is -2.57. The van der Waals surface area contributed by atoms with Crippen LogP contribution in [0.25, 0.3) is 10.8 Å². The van der Waals surface area contributed by atoms with Crippen molar-refractivity contribution in [2.24, 2.45) is 0 Å². The maximum absolute atomic E-state index is 10.3. The molecule has 0 aromatic heterocycles. The van der Waals surface area contributed by atoms with Crippen molar-refractivity contribution in [1.29, 1.82) is 0 Å². The number of benzene rings is 2. The van der Waals surface area contributed by atoms with Crippen LogP contribution in [0.15, 0.2) is 96.8 Å². The molecule has 1 N–H and O–H groups in total. The average Bonchev–Trinajstić information content (AvgIpc) is 2.72. The Morgan fingerprint density at radius 3 is 2.89 bits per heavy atom. The van der Waals surface area contributed by atoms with Gasteiger partial charge in [0.2, 0.25) is 0 Å². The van der Waals surface area contributed by atoms with E-state index in [1.54, 1.807) is 0 Å². The molecule has 0 aliphatic heterocycles. The lowest BCUT2D eigenvalue weighted by atomic mass is 9.99. The van der Waals surface area contributed by atoms with Crippen molar-refractivity contribution in [2.75, 3.05) is 6.16 Å². The standard InChI is InChI=1S/C24H25O2P/c1-2-18-27-26-24-17-13-20-10-6-7-11-22(20)23(24)16-15-21(25)14-12-19-8-4-3-5-9-19/h2-8,10-14,17,25,27H,1,9,15-16,18H2/b19-12-,21-14+. The van der Waals surface area contributed by atoms with Crippen molar-refractivity contribution >= 4 is 19.6 Å². The molecule has 2 nitrogen and oxygen atoms in total. The Morgan fingerprint density at radius 2 is 2.07 bits per heavy atom. The second-order valence-corrected chi connectivity index (χ2v) is 7.29. The van der Waals surface area contributed by atoms with E-state index >= 15 is 0 Å². The first kappa shape index (κ1) is 19.2. The number of hydrogen-bond acceptors (Lipinski definition) is 2. The predicted octanol–water partition coefficient (Wildman–Crippen LogP) is 6.82. The summed E-state index contributed by atoms with van der Waals surface area (Å²) in [6.07, 6.45) is 17.0. The summed E-state index contributed by atoms with van der Waals surface area (Å²) in [5, 5.41) is 12.7. The normalized spacial score (nSPS) is 15.9. The van der Waals surface area contributed by atoms with Crippen molar-refractivity contribution in [1.82, 2.24) is 0 Å². The van der Waals surface area contributed by atoms with E-state index in [2.05, 4.69) is 36.9 Å². The molecule has 0 amide bonds. The molecule has 1 aliphatic rings. The van der Waals surface area contributed by atoms with Gasteiger partial charge in [-0.2, -0.15) is 0 Å². The first-order chi connectivity index (χ1) is 13.3. The van der Waals surface area contributed by atoms with Gasteiger partial charge in [0, 0.05) is 18.1 Å². The van der Waals surface area contributed by atoms with Crippen molar-refractivity contribution < 1.29 is 9.63 Å². The fourth-order valence-corrected chi connectivity index (χ4v) is 3.59. The molecule has 3 heteroatoms. The van der Waals surface area contributed by atoms with E-state index in [1.807, 2.05) is 48.6 Å². The summed E-state index contributed by atoms with van der Waals surface area (Å²) in [6, 6.07) is 12.4. The summed E-state index contributed by atoms with van der Waals surface area (Å²) in [7, 11) is 0.360. The van der Waals surface area contributed by atoms with Gasteiger partial charge in [-0.25, -0.2) is 0 Å².